The Balaban J connectivity index is 1.60. The van der Waals surface area contributed by atoms with Crippen LogP contribution in [0.5, 0.6) is 0 Å². The lowest BCUT2D eigenvalue weighted by Gasteiger charge is -1.97. The minimum atomic E-state index is -0.505. The molecule has 0 aliphatic heterocycles. The topological polar surface area (TPSA) is 103 Å². The van der Waals surface area contributed by atoms with Gasteiger partial charge in [-0.05, 0) is 25.0 Å². The fraction of sp³-hybridized carbons (Fsp3) is 0.286. The van der Waals surface area contributed by atoms with E-state index in [1.807, 2.05) is 0 Å². The fourth-order valence-corrected chi connectivity index (χ4v) is 2.19. The van der Waals surface area contributed by atoms with Crippen LogP contribution in [0.4, 0.5) is 0 Å². The molecule has 1 amide bonds. The molecule has 3 aromatic rings. The van der Waals surface area contributed by atoms with Crippen molar-refractivity contribution in [1.82, 2.24) is 20.0 Å². The molecular formula is C14H12N4O4. The van der Waals surface area contributed by atoms with Crippen LogP contribution in [-0.4, -0.2) is 26.7 Å². The molecule has 0 spiro atoms. The minimum absolute atomic E-state index is 0.0794. The first-order valence-electron chi connectivity index (χ1n) is 6.92. The first-order valence-corrected chi connectivity index (χ1v) is 6.92. The largest absolute Gasteiger partial charge is 0.420 e. The van der Waals surface area contributed by atoms with Crippen molar-refractivity contribution in [3.05, 3.63) is 46.5 Å². The number of fused-ring (bicyclic) bond motifs is 1. The van der Waals surface area contributed by atoms with Gasteiger partial charge in [0.1, 0.15) is 0 Å². The van der Waals surface area contributed by atoms with E-state index in [0.717, 1.165) is 12.8 Å². The summed E-state index contributed by atoms with van der Waals surface area (Å²) in [6, 6.07) is 7.27. The van der Waals surface area contributed by atoms with Crippen LogP contribution in [0.25, 0.3) is 11.1 Å². The van der Waals surface area contributed by atoms with Gasteiger partial charge >= 0.3 is 17.6 Å². The molecule has 0 bridgehead atoms. The summed E-state index contributed by atoms with van der Waals surface area (Å²) >= 11 is 0. The van der Waals surface area contributed by atoms with Crippen LogP contribution in [0, 0.1) is 0 Å². The zero-order chi connectivity index (χ0) is 15.1. The van der Waals surface area contributed by atoms with Crippen LogP contribution in [0.2, 0.25) is 0 Å². The minimum Gasteiger partial charge on any atom is -0.408 e. The van der Waals surface area contributed by atoms with Crippen molar-refractivity contribution in [2.45, 2.75) is 25.4 Å². The Labute approximate surface area is 123 Å². The highest BCUT2D eigenvalue weighted by atomic mass is 16.5. The van der Waals surface area contributed by atoms with Gasteiger partial charge in [0, 0.05) is 6.04 Å². The van der Waals surface area contributed by atoms with Gasteiger partial charge in [-0.25, -0.2) is 4.79 Å². The first-order chi connectivity index (χ1) is 10.7. The van der Waals surface area contributed by atoms with E-state index in [0.29, 0.717) is 11.1 Å². The second-order valence-corrected chi connectivity index (χ2v) is 5.19. The van der Waals surface area contributed by atoms with Crippen molar-refractivity contribution in [2.24, 2.45) is 0 Å². The summed E-state index contributed by atoms with van der Waals surface area (Å²) in [4.78, 5) is 27.7. The van der Waals surface area contributed by atoms with Crippen molar-refractivity contribution in [2.75, 3.05) is 0 Å². The Morgan fingerprint density at radius 3 is 3.00 bits per heavy atom. The lowest BCUT2D eigenvalue weighted by Crippen LogP contribution is -2.25. The van der Waals surface area contributed by atoms with Crippen LogP contribution < -0.4 is 11.1 Å². The van der Waals surface area contributed by atoms with Crippen molar-refractivity contribution >= 4 is 17.0 Å². The number of carbonyl (C=O) groups excluding carboxylic acids is 1. The third-order valence-corrected chi connectivity index (χ3v) is 3.45. The summed E-state index contributed by atoms with van der Waals surface area (Å²) < 4.78 is 11.5. The molecule has 2 heterocycles. The van der Waals surface area contributed by atoms with Gasteiger partial charge in [0.2, 0.25) is 0 Å². The molecule has 1 aliphatic rings. The maximum atomic E-state index is 11.9. The van der Waals surface area contributed by atoms with Crippen LogP contribution in [-0.2, 0) is 6.54 Å². The number of oxazole rings is 1. The van der Waals surface area contributed by atoms with Crippen molar-refractivity contribution in [3.8, 4) is 0 Å². The third kappa shape index (κ3) is 2.28. The first kappa shape index (κ1) is 12.8. The van der Waals surface area contributed by atoms with E-state index in [2.05, 4.69) is 15.5 Å². The zero-order valence-electron chi connectivity index (χ0n) is 11.5. The third-order valence-electron chi connectivity index (χ3n) is 3.45. The van der Waals surface area contributed by atoms with Crippen molar-refractivity contribution in [3.63, 3.8) is 0 Å². The van der Waals surface area contributed by atoms with Gasteiger partial charge in [-0.2, -0.15) is 4.98 Å². The van der Waals surface area contributed by atoms with Crippen LogP contribution in [0.15, 0.2) is 38.0 Å². The Morgan fingerprint density at radius 2 is 2.18 bits per heavy atom. The molecule has 0 saturated heterocycles. The Kier molecular flexibility index (Phi) is 2.81. The molecule has 1 saturated carbocycles. The predicted octanol–water partition coefficient (Wildman–Crippen LogP) is 0.918. The average Bonchev–Trinajstić information content (AvgIpc) is 3.10. The molecule has 112 valence electrons. The van der Waals surface area contributed by atoms with Gasteiger partial charge in [-0.1, -0.05) is 17.3 Å². The Hall–Kier alpha value is -2.90. The second kappa shape index (κ2) is 4.83. The number of para-hydroxylation sites is 2. The smallest absolute Gasteiger partial charge is 0.408 e. The molecule has 1 fully saturated rings. The SMILES string of the molecule is O=C(NC1CC1)c1nc(Cn2c(=O)oc3ccccc32)no1. The number of aromatic nitrogens is 3. The van der Waals surface area contributed by atoms with Crippen LogP contribution >= 0.6 is 0 Å². The standard InChI is InChI=1S/C14H12N4O4/c19-12(15-8-5-6-8)13-16-11(17-22-13)7-18-9-3-1-2-4-10(9)21-14(18)20/h1-4,8H,5-7H2,(H,15,19). The molecule has 1 N–H and O–H groups in total. The summed E-state index contributed by atoms with van der Waals surface area (Å²) in [5.41, 5.74) is 1.13. The van der Waals surface area contributed by atoms with E-state index < -0.39 is 5.76 Å². The fourth-order valence-electron chi connectivity index (χ4n) is 2.19. The van der Waals surface area contributed by atoms with E-state index >= 15 is 0 Å². The van der Waals surface area contributed by atoms with E-state index in [9.17, 15) is 9.59 Å². The Morgan fingerprint density at radius 1 is 1.36 bits per heavy atom. The van der Waals surface area contributed by atoms with E-state index in [4.69, 9.17) is 8.94 Å². The highest BCUT2D eigenvalue weighted by Gasteiger charge is 2.26. The maximum Gasteiger partial charge on any atom is 0.420 e. The highest BCUT2D eigenvalue weighted by molar-refractivity contribution is 5.89. The molecule has 4 rings (SSSR count). The van der Waals surface area contributed by atoms with Crippen molar-refractivity contribution in [1.29, 1.82) is 0 Å². The van der Waals surface area contributed by atoms with Gasteiger partial charge in [0.25, 0.3) is 0 Å². The van der Waals surface area contributed by atoms with Gasteiger partial charge in [0.05, 0.1) is 12.1 Å². The summed E-state index contributed by atoms with van der Waals surface area (Å²) in [5.74, 6) is -0.738. The molecule has 0 radical (unpaired) electrons. The van der Waals surface area contributed by atoms with Gasteiger partial charge in [-0.15, -0.1) is 0 Å². The Bertz CT molecular complexity index is 903. The van der Waals surface area contributed by atoms with Gasteiger partial charge in [0.15, 0.2) is 11.4 Å². The molecule has 0 unspecified atom stereocenters. The summed E-state index contributed by atoms with van der Waals surface area (Å²) in [6.07, 6.45) is 1.95. The van der Waals surface area contributed by atoms with Gasteiger partial charge < -0.3 is 14.3 Å². The van der Waals surface area contributed by atoms with Gasteiger partial charge in [-0.3, -0.25) is 9.36 Å². The number of nitrogens with one attached hydrogen (secondary N) is 1. The quantitative estimate of drug-likeness (QED) is 0.768. The highest BCUT2D eigenvalue weighted by Crippen LogP contribution is 2.19. The van der Waals surface area contributed by atoms with Crippen molar-refractivity contribution < 1.29 is 13.7 Å². The number of amides is 1. The molecule has 1 aliphatic carbocycles. The number of benzene rings is 1. The molecular weight excluding hydrogens is 288 g/mol. The summed E-state index contributed by atoms with van der Waals surface area (Å²) in [5, 5.41) is 6.50. The van der Waals surface area contributed by atoms with Crippen LogP contribution in [0.1, 0.15) is 29.4 Å². The number of hydrogen-bond donors (Lipinski definition) is 1. The van der Waals surface area contributed by atoms with Crippen LogP contribution in [0.3, 0.4) is 0 Å². The number of rotatable bonds is 4. The molecule has 0 atom stereocenters. The van der Waals surface area contributed by atoms with E-state index in [1.165, 1.54) is 4.57 Å². The van der Waals surface area contributed by atoms with E-state index in [1.54, 1.807) is 24.3 Å². The molecule has 8 heteroatoms. The summed E-state index contributed by atoms with van der Waals surface area (Å²) in [6.45, 7) is 0.0794. The normalized spacial score (nSPS) is 14.4. The molecule has 1 aromatic carbocycles. The summed E-state index contributed by atoms with van der Waals surface area (Å²) in [7, 11) is 0. The molecule has 22 heavy (non-hydrogen) atoms. The molecule has 2 aromatic heterocycles. The predicted molar refractivity (Wildman–Crippen MR) is 74.4 cm³/mol. The second-order valence-electron chi connectivity index (χ2n) is 5.19. The monoisotopic (exact) mass is 300 g/mol. The zero-order valence-corrected chi connectivity index (χ0v) is 11.5. The average molecular weight is 300 g/mol. The number of carbonyl (C=O) groups is 1. The lowest BCUT2D eigenvalue weighted by atomic mass is 10.3. The number of nitrogens with zero attached hydrogens (tertiary/aromatic N) is 3. The number of hydrogen-bond acceptors (Lipinski definition) is 6. The molecule has 8 nitrogen and oxygen atoms in total. The lowest BCUT2D eigenvalue weighted by molar-refractivity contribution is 0.0907. The maximum absolute atomic E-state index is 11.9. The van der Waals surface area contributed by atoms with E-state index in [-0.39, 0.29) is 30.2 Å².